The Morgan fingerprint density at radius 1 is 1.27 bits per heavy atom. The molecule has 0 fully saturated rings. The summed E-state index contributed by atoms with van der Waals surface area (Å²) in [5.74, 6) is -2.75. The molecule has 0 saturated heterocycles. The minimum Gasteiger partial charge on any atom is -0.463 e. The van der Waals surface area contributed by atoms with Crippen LogP contribution in [0, 0.1) is 0 Å². The molecule has 0 aliphatic heterocycles. The zero-order valence-electron chi connectivity index (χ0n) is 11.8. The predicted molar refractivity (Wildman–Crippen MR) is 74.3 cm³/mol. The molecule has 1 rings (SSSR count). The normalized spacial score (nSPS) is 13.9. The molecule has 0 spiro atoms. The first-order valence-corrected chi connectivity index (χ1v) is 6.57. The van der Waals surface area contributed by atoms with Crippen LogP contribution >= 0.6 is 11.6 Å². The lowest BCUT2D eigenvalue weighted by atomic mass is 10.1. The lowest BCUT2D eigenvalue weighted by molar-refractivity contribution is -0.207. The number of nitrogens with one attached hydrogen (secondary N) is 2. The molecule has 0 aliphatic rings. The molecule has 0 saturated carbocycles. The number of alkyl halides is 3. The third-order valence-electron chi connectivity index (χ3n) is 2.57. The number of carbonyl (C=O) groups excluding carboxylic acids is 2. The fourth-order valence-corrected chi connectivity index (χ4v) is 1.84. The van der Waals surface area contributed by atoms with Gasteiger partial charge in [-0.05, 0) is 19.1 Å². The van der Waals surface area contributed by atoms with E-state index in [-0.39, 0.29) is 17.3 Å². The Kier molecular flexibility index (Phi) is 5.65. The Labute approximate surface area is 129 Å². The molecule has 0 aliphatic carbocycles. The van der Waals surface area contributed by atoms with Gasteiger partial charge in [-0.2, -0.15) is 13.2 Å². The number of anilines is 1. The third kappa shape index (κ3) is 3.82. The zero-order valence-corrected chi connectivity index (χ0v) is 12.5. The van der Waals surface area contributed by atoms with Gasteiger partial charge in [0.1, 0.15) is 0 Å². The number of amides is 1. The number of carbonyl (C=O) groups is 2. The fourth-order valence-electron chi connectivity index (χ4n) is 1.66. The molecule has 0 bridgehead atoms. The lowest BCUT2D eigenvalue weighted by Gasteiger charge is -2.35. The first-order valence-electron chi connectivity index (χ1n) is 6.19. The van der Waals surface area contributed by atoms with Gasteiger partial charge < -0.3 is 15.4 Å². The second-order valence-electron chi connectivity index (χ2n) is 4.25. The summed E-state index contributed by atoms with van der Waals surface area (Å²) in [4.78, 5) is 23.1. The summed E-state index contributed by atoms with van der Waals surface area (Å²) in [6.45, 7) is 1.91. The summed E-state index contributed by atoms with van der Waals surface area (Å²) in [6, 6.07) is 5.51. The van der Waals surface area contributed by atoms with Crippen LogP contribution in [0.3, 0.4) is 0 Å². The van der Waals surface area contributed by atoms with Crippen molar-refractivity contribution in [3.8, 4) is 0 Å². The van der Waals surface area contributed by atoms with E-state index < -0.39 is 23.7 Å². The van der Waals surface area contributed by atoms with Crippen LogP contribution in [-0.4, -0.2) is 30.3 Å². The highest BCUT2D eigenvalue weighted by atomic mass is 35.5. The lowest BCUT2D eigenvalue weighted by Crippen LogP contribution is -2.69. The summed E-state index contributed by atoms with van der Waals surface area (Å²) in [5, 5.41) is 3.49. The maximum atomic E-state index is 13.5. The van der Waals surface area contributed by atoms with E-state index in [1.54, 1.807) is 5.32 Å². The highest BCUT2D eigenvalue weighted by molar-refractivity contribution is 6.33. The van der Waals surface area contributed by atoms with E-state index in [1.807, 2.05) is 5.32 Å². The molecule has 0 unspecified atom stereocenters. The molecule has 0 radical (unpaired) electrons. The van der Waals surface area contributed by atoms with Crippen molar-refractivity contribution in [3.05, 3.63) is 29.3 Å². The Hall–Kier alpha value is -1.96. The molecule has 1 atom stereocenters. The molecule has 2 N–H and O–H groups in total. The minimum atomic E-state index is -5.16. The van der Waals surface area contributed by atoms with E-state index in [2.05, 4.69) is 4.74 Å². The van der Waals surface area contributed by atoms with Crippen LogP contribution in [0.25, 0.3) is 0 Å². The van der Waals surface area contributed by atoms with Gasteiger partial charge >= 0.3 is 17.8 Å². The van der Waals surface area contributed by atoms with Crippen molar-refractivity contribution in [2.45, 2.75) is 25.7 Å². The SMILES string of the molecule is CCOC(=O)[C@](NC(C)=O)(Nc1ccccc1Cl)C(F)(F)F. The van der Waals surface area contributed by atoms with E-state index in [1.165, 1.54) is 31.2 Å². The van der Waals surface area contributed by atoms with Gasteiger partial charge in [0.2, 0.25) is 5.91 Å². The molecule has 0 heterocycles. The standard InChI is InChI=1S/C13H14ClF3N2O3/c1-3-22-11(21)12(13(15,16)17,18-8(2)20)19-10-7-5-4-6-9(10)14/h4-7,19H,3H2,1-2H3,(H,18,20)/t12-/m0/s1. The average molecular weight is 339 g/mol. The molecule has 1 amide bonds. The van der Waals surface area contributed by atoms with Gasteiger partial charge in [-0.25, -0.2) is 4.79 Å². The molecule has 9 heteroatoms. The fraction of sp³-hybridized carbons (Fsp3) is 0.385. The van der Waals surface area contributed by atoms with Gasteiger partial charge in [0.25, 0.3) is 0 Å². The number of ether oxygens (including phenoxy) is 1. The molecule has 5 nitrogen and oxygen atoms in total. The highest BCUT2D eigenvalue weighted by Gasteiger charge is 2.63. The van der Waals surface area contributed by atoms with E-state index in [9.17, 15) is 22.8 Å². The second-order valence-corrected chi connectivity index (χ2v) is 4.66. The third-order valence-corrected chi connectivity index (χ3v) is 2.90. The molecule has 22 heavy (non-hydrogen) atoms. The summed E-state index contributed by atoms with van der Waals surface area (Å²) in [6.07, 6.45) is -5.16. The van der Waals surface area contributed by atoms with E-state index in [0.29, 0.717) is 0 Å². The van der Waals surface area contributed by atoms with Crippen molar-refractivity contribution in [3.63, 3.8) is 0 Å². The summed E-state index contributed by atoms with van der Waals surface area (Å²) in [7, 11) is 0. The Morgan fingerprint density at radius 2 is 1.86 bits per heavy atom. The maximum Gasteiger partial charge on any atom is 0.441 e. The van der Waals surface area contributed by atoms with Gasteiger partial charge in [0.05, 0.1) is 17.3 Å². The minimum absolute atomic E-state index is 0.0502. The van der Waals surface area contributed by atoms with Crippen molar-refractivity contribution in [2.75, 3.05) is 11.9 Å². The molecule has 1 aromatic carbocycles. The zero-order chi connectivity index (χ0) is 17.0. The molecular weight excluding hydrogens is 325 g/mol. The average Bonchev–Trinajstić information content (AvgIpc) is 2.38. The molecular formula is C13H14ClF3N2O3. The van der Waals surface area contributed by atoms with E-state index in [0.717, 1.165) is 6.92 Å². The number of hydrogen-bond donors (Lipinski definition) is 2. The number of para-hydroxylation sites is 1. The number of esters is 1. The summed E-state index contributed by atoms with van der Waals surface area (Å²) in [5.41, 5.74) is -3.61. The van der Waals surface area contributed by atoms with Gasteiger partial charge in [0, 0.05) is 6.92 Å². The number of rotatable bonds is 5. The van der Waals surface area contributed by atoms with E-state index in [4.69, 9.17) is 11.6 Å². The molecule has 122 valence electrons. The van der Waals surface area contributed by atoms with Gasteiger partial charge in [-0.1, -0.05) is 23.7 Å². The van der Waals surface area contributed by atoms with Gasteiger partial charge in [-0.15, -0.1) is 0 Å². The van der Waals surface area contributed by atoms with Crippen LogP contribution < -0.4 is 10.6 Å². The quantitative estimate of drug-likeness (QED) is 0.640. The van der Waals surface area contributed by atoms with Crippen LogP contribution in [0.2, 0.25) is 5.02 Å². The second kappa shape index (κ2) is 6.87. The van der Waals surface area contributed by atoms with Crippen LogP contribution in [0.4, 0.5) is 18.9 Å². The van der Waals surface area contributed by atoms with E-state index >= 15 is 0 Å². The number of halogens is 4. The molecule has 1 aromatic rings. The van der Waals surface area contributed by atoms with Crippen LogP contribution in [0.1, 0.15) is 13.8 Å². The smallest absolute Gasteiger partial charge is 0.441 e. The first kappa shape index (κ1) is 18.1. The maximum absolute atomic E-state index is 13.5. The Balaban J connectivity index is 3.38. The number of hydrogen-bond acceptors (Lipinski definition) is 4. The predicted octanol–water partition coefficient (Wildman–Crippen LogP) is 2.71. The van der Waals surface area contributed by atoms with Gasteiger partial charge in [0.15, 0.2) is 0 Å². The van der Waals surface area contributed by atoms with Crippen molar-refractivity contribution < 1.29 is 27.5 Å². The summed E-state index contributed by atoms with van der Waals surface area (Å²) >= 11 is 5.80. The van der Waals surface area contributed by atoms with Crippen molar-refractivity contribution in [2.24, 2.45) is 0 Å². The summed E-state index contributed by atoms with van der Waals surface area (Å²) < 4.78 is 45.0. The topological polar surface area (TPSA) is 67.4 Å². The highest BCUT2D eigenvalue weighted by Crippen LogP contribution is 2.35. The monoisotopic (exact) mass is 338 g/mol. The van der Waals surface area contributed by atoms with Crippen molar-refractivity contribution in [1.29, 1.82) is 0 Å². The Morgan fingerprint density at radius 3 is 2.32 bits per heavy atom. The van der Waals surface area contributed by atoms with Crippen LogP contribution in [0.5, 0.6) is 0 Å². The van der Waals surface area contributed by atoms with Crippen molar-refractivity contribution >= 4 is 29.2 Å². The van der Waals surface area contributed by atoms with Gasteiger partial charge in [-0.3, -0.25) is 4.79 Å². The van der Waals surface area contributed by atoms with Crippen LogP contribution in [-0.2, 0) is 14.3 Å². The Bertz CT molecular complexity index is 566. The van der Waals surface area contributed by atoms with Crippen molar-refractivity contribution in [1.82, 2.24) is 5.32 Å². The number of benzene rings is 1. The molecule has 0 aromatic heterocycles. The van der Waals surface area contributed by atoms with Crippen LogP contribution in [0.15, 0.2) is 24.3 Å². The first-order chi connectivity index (χ1) is 10.1. The largest absolute Gasteiger partial charge is 0.463 e.